The molecule has 2 N–H and O–H groups in total. The lowest BCUT2D eigenvalue weighted by Gasteiger charge is -2.15. The van der Waals surface area contributed by atoms with Gasteiger partial charge in [-0.1, -0.05) is 17.7 Å². The van der Waals surface area contributed by atoms with Gasteiger partial charge in [0.2, 0.25) is 0 Å². The predicted octanol–water partition coefficient (Wildman–Crippen LogP) is 2.31. The normalized spacial score (nSPS) is 14.1. The lowest BCUT2D eigenvalue weighted by Crippen LogP contribution is -2.14. The van der Waals surface area contributed by atoms with Crippen LogP contribution in [0, 0.1) is 0 Å². The van der Waals surface area contributed by atoms with Crippen LogP contribution in [0.5, 0.6) is 5.75 Å². The molecule has 0 unspecified atom stereocenters. The van der Waals surface area contributed by atoms with Crippen LogP contribution in [0.15, 0.2) is 18.2 Å². The summed E-state index contributed by atoms with van der Waals surface area (Å²) in [5.41, 5.74) is 6.50. The molecule has 0 fully saturated rings. The van der Waals surface area contributed by atoms with E-state index in [-0.39, 0.29) is 0 Å². The van der Waals surface area contributed by atoms with Crippen LogP contribution in [0.3, 0.4) is 0 Å². The summed E-state index contributed by atoms with van der Waals surface area (Å²) in [6, 6.07) is 5.55. The molecule has 1 aromatic carbocycles. The van der Waals surface area contributed by atoms with Crippen LogP contribution < -0.4 is 10.5 Å². The fraction of sp³-hybridized carbons (Fsp3) is 0.429. The molecule has 0 saturated carbocycles. The summed E-state index contributed by atoms with van der Waals surface area (Å²) in [5.74, 6) is 2.66. The second-order valence-electron chi connectivity index (χ2n) is 4.89. The van der Waals surface area contributed by atoms with Gasteiger partial charge in [-0.15, -0.1) is 10.2 Å². The largest absolute Gasteiger partial charge is 0.486 e. The molecule has 1 aliphatic rings. The van der Waals surface area contributed by atoms with Crippen molar-refractivity contribution in [2.75, 3.05) is 0 Å². The Kier molecular flexibility index (Phi) is 3.89. The zero-order chi connectivity index (χ0) is 13.9. The summed E-state index contributed by atoms with van der Waals surface area (Å²) in [6.45, 7) is 1.82. The molecule has 1 aromatic heterocycles. The van der Waals surface area contributed by atoms with Crippen molar-refractivity contribution in [2.45, 2.75) is 39.0 Å². The number of halogens is 1. The van der Waals surface area contributed by atoms with E-state index in [9.17, 15) is 0 Å². The number of aromatic nitrogens is 3. The van der Waals surface area contributed by atoms with Crippen LogP contribution in [0.1, 0.15) is 30.1 Å². The molecule has 3 rings (SSSR count). The number of rotatable bonds is 4. The standard InChI is InChI=1S/C14H17ClN4O/c15-12-7-11(5-4-10(12)8-16)20-9-14-18-17-13-3-1-2-6-19(13)14/h4-5,7H,1-3,6,8-9,16H2. The van der Waals surface area contributed by atoms with E-state index in [1.807, 2.05) is 12.1 Å². The van der Waals surface area contributed by atoms with Gasteiger partial charge in [-0.05, 0) is 30.5 Å². The van der Waals surface area contributed by atoms with E-state index in [2.05, 4.69) is 14.8 Å². The number of nitrogens with two attached hydrogens (primary N) is 1. The Balaban J connectivity index is 1.70. The molecule has 20 heavy (non-hydrogen) atoms. The summed E-state index contributed by atoms with van der Waals surface area (Å²) >= 11 is 6.11. The van der Waals surface area contributed by atoms with Crippen molar-refractivity contribution in [3.63, 3.8) is 0 Å². The van der Waals surface area contributed by atoms with Crippen LogP contribution >= 0.6 is 11.6 Å². The van der Waals surface area contributed by atoms with Crippen LogP contribution in [-0.4, -0.2) is 14.8 Å². The van der Waals surface area contributed by atoms with Crippen molar-refractivity contribution in [3.05, 3.63) is 40.4 Å². The summed E-state index contributed by atoms with van der Waals surface area (Å²) in [7, 11) is 0. The van der Waals surface area contributed by atoms with E-state index < -0.39 is 0 Å². The molecule has 1 aliphatic heterocycles. The maximum Gasteiger partial charge on any atom is 0.171 e. The highest BCUT2D eigenvalue weighted by Crippen LogP contribution is 2.23. The third-order valence-electron chi connectivity index (χ3n) is 3.55. The molecule has 0 amide bonds. The number of aryl methyl sites for hydroxylation is 1. The van der Waals surface area contributed by atoms with Crippen molar-refractivity contribution in [1.82, 2.24) is 14.8 Å². The van der Waals surface area contributed by atoms with Gasteiger partial charge in [0.05, 0.1) is 0 Å². The van der Waals surface area contributed by atoms with E-state index in [1.165, 1.54) is 12.8 Å². The maximum absolute atomic E-state index is 6.11. The van der Waals surface area contributed by atoms with Gasteiger partial charge in [0, 0.05) is 24.5 Å². The Morgan fingerprint density at radius 2 is 2.20 bits per heavy atom. The zero-order valence-electron chi connectivity index (χ0n) is 11.2. The quantitative estimate of drug-likeness (QED) is 0.939. The first-order chi connectivity index (χ1) is 9.78. The van der Waals surface area contributed by atoms with Crippen molar-refractivity contribution >= 4 is 11.6 Å². The minimum atomic E-state index is 0.408. The number of fused-ring (bicyclic) bond motifs is 1. The number of nitrogens with zero attached hydrogens (tertiary/aromatic N) is 3. The number of hydrogen-bond donors (Lipinski definition) is 1. The Hall–Kier alpha value is -1.59. The highest BCUT2D eigenvalue weighted by molar-refractivity contribution is 6.31. The first-order valence-corrected chi connectivity index (χ1v) is 7.18. The Morgan fingerprint density at radius 1 is 1.30 bits per heavy atom. The first-order valence-electron chi connectivity index (χ1n) is 6.80. The fourth-order valence-corrected chi connectivity index (χ4v) is 2.65. The van der Waals surface area contributed by atoms with Gasteiger partial charge in [0.1, 0.15) is 18.2 Å². The fourth-order valence-electron chi connectivity index (χ4n) is 2.41. The maximum atomic E-state index is 6.11. The van der Waals surface area contributed by atoms with Gasteiger partial charge in [-0.3, -0.25) is 0 Å². The number of benzene rings is 1. The topological polar surface area (TPSA) is 66.0 Å². The second kappa shape index (κ2) is 5.81. The highest BCUT2D eigenvalue weighted by atomic mass is 35.5. The molecule has 106 valence electrons. The summed E-state index contributed by atoms with van der Waals surface area (Å²) < 4.78 is 7.90. The smallest absolute Gasteiger partial charge is 0.171 e. The van der Waals surface area contributed by atoms with Crippen LogP contribution in [0.2, 0.25) is 5.02 Å². The first kappa shape index (κ1) is 13.4. The van der Waals surface area contributed by atoms with Crippen molar-refractivity contribution in [2.24, 2.45) is 5.73 Å². The third kappa shape index (κ3) is 2.64. The lowest BCUT2D eigenvalue weighted by atomic mass is 10.2. The molecular weight excluding hydrogens is 276 g/mol. The van der Waals surface area contributed by atoms with Crippen molar-refractivity contribution in [3.8, 4) is 5.75 Å². The van der Waals surface area contributed by atoms with Gasteiger partial charge in [0.15, 0.2) is 5.82 Å². The van der Waals surface area contributed by atoms with Gasteiger partial charge in [-0.2, -0.15) is 0 Å². The third-order valence-corrected chi connectivity index (χ3v) is 3.90. The molecule has 2 heterocycles. The monoisotopic (exact) mass is 292 g/mol. The van der Waals surface area contributed by atoms with Crippen molar-refractivity contribution in [1.29, 1.82) is 0 Å². The summed E-state index contributed by atoms with van der Waals surface area (Å²) in [6.07, 6.45) is 3.37. The molecule has 0 saturated heterocycles. The lowest BCUT2D eigenvalue weighted by molar-refractivity contribution is 0.286. The van der Waals surface area contributed by atoms with E-state index in [4.69, 9.17) is 22.1 Å². The second-order valence-corrected chi connectivity index (χ2v) is 5.29. The average molecular weight is 293 g/mol. The summed E-state index contributed by atoms with van der Waals surface area (Å²) in [4.78, 5) is 0. The summed E-state index contributed by atoms with van der Waals surface area (Å²) in [5, 5.41) is 9.04. The Labute approximate surface area is 122 Å². The molecule has 0 aliphatic carbocycles. The van der Waals surface area contributed by atoms with Gasteiger partial charge < -0.3 is 15.0 Å². The van der Waals surface area contributed by atoms with E-state index in [0.29, 0.717) is 18.2 Å². The van der Waals surface area contributed by atoms with Crippen LogP contribution in [0.4, 0.5) is 0 Å². The minimum Gasteiger partial charge on any atom is -0.486 e. The van der Waals surface area contributed by atoms with Crippen LogP contribution in [-0.2, 0) is 26.1 Å². The molecule has 0 atom stereocenters. The van der Waals surface area contributed by atoms with E-state index in [0.717, 1.165) is 35.9 Å². The molecule has 0 spiro atoms. The van der Waals surface area contributed by atoms with Gasteiger partial charge in [-0.25, -0.2) is 0 Å². The number of hydrogen-bond acceptors (Lipinski definition) is 4. The van der Waals surface area contributed by atoms with E-state index >= 15 is 0 Å². The van der Waals surface area contributed by atoms with Gasteiger partial charge in [0.25, 0.3) is 0 Å². The van der Waals surface area contributed by atoms with E-state index in [1.54, 1.807) is 6.07 Å². The van der Waals surface area contributed by atoms with Crippen molar-refractivity contribution < 1.29 is 4.74 Å². The Bertz CT molecular complexity index is 611. The van der Waals surface area contributed by atoms with Crippen LogP contribution in [0.25, 0.3) is 0 Å². The minimum absolute atomic E-state index is 0.408. The Morgan fingerprint density at radius 3 is 3.00 bits per heavy atom. The average Bonchev–Trinajstić information content (AvgIpc) is 2.88. The molecule has 0 bridgehead atoms. The zero-order valence-corrected chi connectivity index (χ0v) is 11.9. The van der Waals surface area contributed by atoms with Gasteiger partial charge >= 0.3 is 0 Å². The molecule has 2 aromatic rings. The molecular formula is C14H17ClN4O. The SMILES string of the molecule is NCc1ccc(OCc2nnc3n2CCCC3)cc1Cl. The highest BCUT2D eigenvalue weighted by Gasteiger charge is 2.15. The molecule has 6 heteroatoms. The predicted molar refractivity (Wildman–Crippen MR) is 76.6 cm³/mol. The molecule has 0 radical (unpaired) electrons. The number of ether oxygens (including phenoxy) is 1. The molecule has 5 nitrogen and oxygen atoms in total.